The van der Waals surface area contributed by atoms with Gasteiger partial charge in [0.25, 0.3) is 5.91 Å². The van der Waals surface area contributed by atoms with Crippen LogP contribution in [0, 0.1) is 12.7 Å². The van der Waals surface area contributed by atoms with Gasteiger partial charge in [-0.25, -0.2) is 14.4 Å². The monoisotopic (exact) mass is 353 g/mol. The number of hydrogen-bond donors (Lipinski definition) is 0. The van der Waals surface area contributed by atoms with Gasteiger partial charge in [-0.05, 0) is 38.1 Å². The highest BCUT2D eigenvalue weighted by atomic mass is 19.1. The number of carbonyl (C=O) groups excluding carboxylic acids is 1. The number of halogens is 1. The van der Waals surface area contributed by atoms with Crippen molar-refractivity contribution in [3.63, 3.8) is 0 Å². The van der Waals surface area contributed by atoms with Crippen LogP contribution in [0.1, 0.15) is 29.1 Å². The van der Waals surface area contributed by atoms with Crippen LogP contribution in [0.3, 0.4) is 0 Å². The quantitative estimate of drug-likeness (QED) is 0.719. The van der Waals surface area contributed by atoms with Crippen LogP contribution < -0.4 is 0 Å². The fourth-order valence-corrected chi connectivity index (χ4v) is 2.97. The molecule has 1 aliphatic heterocycles. The van der Waals surface area contributed by atoms with Crippen LogP contribution in [0.2, 0.25) is 0 Å². The fraction of sp³-hybridized carbons (Fsp3) is 0.278. The van der Waals surface area contributed by atoms with E-state index in [-0.39, 0.29) is 23.4 Å². The van der Waals surface area contributed by atoms with Gasteiger partial charge in [0, 0.05) is 30.5 Å². The Hall–Kier alpha value is -3.16. The molecule has 0 atom stereocenters. The zero-order valence-electron chi connectivity index (χ0n) is 14.3. The van der Waals surface area contributed by atoms with E-state index < -0.39 is 5.41 Å². The van der Waals surface area contributed by atoms with Gasteiger partial charge in [-0.1, -0.05) is 6.07 Å². The van der Waals surface area contributed by atoms with Gasteiger partial charge in [0.05, 0.1) is 5.41 Å². The largest absolute Gasteiger partial charge is 0.420 e. The van der Waals surface area contributed by atoms with Gasteiger partial charge in [-0.15, -0.1) is 10.2 Å². The first-order valence-electron chi connectivity index (χ1n) is 8.13. The van der Waals surface area contributed by atoms with Gasteiger partial charge in [-0.3, -0.25) is 4.79 Å². The molecule has 2 aromatic heterocycles. The molecule has 0 aliphatic carbocycles. The minimum absolute atomic E-state index is 0.179. The molecule has 0 bridgehead atoms. The number of aryl methyl sites for hydroxylation is 1. The number of hydrogen-bond acceptors (Lipinski definition) is 6. The first kappa shape index (κ1) is 16.3. The average molecular weight is 353 g/mol. The summed E-state index contributed by atoms with van der Waals surface area (Å²) < 4.78 is 19.1. The molecular formula is C18H16FN5O2. The molecule has 1 saturated heterocycles. The number of benzene rings is 1. The van der Waals surface area contributed by atoms with Crippen LogP contribution in [-0.4, -0.2) is 44.1 Å². The van der Waals surface area contributed by atoms with Gasteiger partial charge in [0.1, 0.15) is 5.82 Å². The summed E-state index contributed by atoms with van der Waals surface area (Å²) in [5.41, 5.74) is 0.814. The van der Waals surface area contributed by atoms with Gasteiger partial charge in [0.2, 0.25) is 17.6 Å². The third kappa shape index (κ3) is 2.83. The molecule has 0 N–H and O–H groups in total. The molecule has 3 heterocycles. The topological polar surface area (TPSA) is 85.0 Å². The first-order valence-corrected chi connectivity index (χ1v) is 8.13. The van der Waals surface area contributed by atoms with Crippen molar-refractivity contribution < 1.29 is 13.6 Å². The maximum Gasteiger partial charge on any atom is 0.291 e. The van der Waals surface area contributed by atoms with E-state index in [1.807, 2.05) is 13.8 Å². The minimum atomic E-state index is -0.446. The lowest BCUT2D eigenvalue weighted by Crippen LogP contribution is -2.60. The summed E-state index contributed by atoms with van der Waals surface area (Å²) in [7, 11) is 0. The molecule has 8 heteroatoms. The maximum absolute atomic E-state index is 13.4. The lowest BCUT2D eigenvalue weighted by atomic mass is 9.81. The fourth-order valence-electron chi connectivity index (χ4n) is 2.97. The van der Waals surface area contributed by atoms with Crippen LogP contribution >= 0.6 is 0 Å². The van der Waals surface area contributed by atoms with Crippen LogP contribution in [0.15, 0.2) is 40.9 Å². The highest BCUT2D eigenvalue weighted by Crippen LogP contribution is 2.35. The predicted molar refractivity (Wildman–Crippen MR) is 89.7 cm³/mol. The molecule has 132 valence electrons. The molecule has 7 nitrogen and oxygen atoms in total. The van der Waals surface area contributed by atoms with Crippen molar-refractivity contribution in [2.24, 2.45) is 0 Å². The van der Waals surface area contributed by atoms with E-state index in [1.54, 1.807) is 29.3 Å². The van der Waals surface area contributed by atoms with Gasteiger partial charge < -0.3 is 9.32 Å². The van der Waals surface area contributed by atoms with E-state index in [0.717, 1.165) is 5.69 Å². The number of amides is 1. The molecule has 26 heavy (non-hydrogen) atoms. The van der Waals surface area contributed by atoms with Crippen LogP contribution in [0.4, 0.5) is 4.39 Å². The standard InChI is InChI=1S/C18H16FN5O2/c1-11-6-7-20-14(21-11)16(25)24-9-18(2,10-24)17-23-22-15(26-17)12-4-3-5-13(19)8-12/h3-8H,9-10H2,1-2H3. The molecule has 1 fully saturated rings. The molecule has 0 radical (unpaired) electrons. The van der Waals surface area contributed by atoms with Crippen molar-refractivity contribution >= 4 is 5.91 Å². The average Bonchev–Trinajstić information content (AvgIpc) is 3.09. The molecule has 0 unspecified atom stereocenters. The Morgan fingerprint density at radius 2 is 2.08 bits per heavy atom. The summed E-state index contributed by atoms with van der Waals surface area (Å²) in [5.74, 6) is 0.264. The third-order valence-corrected chi connectivity index (χ3v) is 4.37. The van der Waals surface area contributed by atoms with E-state index in [1.165, 1.54) is 12.1 Å². The Morgan fingerprint density at radius 1 is 1.27 bits per heavy atom. The number of nitrogens with zero attached hydrogens (tertiary/aromatic N) is 5. The Bertz CT molecular complexity index is 981. The molecule has 1 aromatic carbocycles. The summed E-state index contributed by atoms with van der Waals surface area (Å²) >= 11 is 0. The van der Waals surface area contributed by atoms with E-state index in [2.05, 4.69) is 20.2 Å². The molecular weight excluding hydrogens is 337 g/mol. The Balaban J connectivity index is 1.49. The van der Waals surface area contributed by atoms with E-state index in [0.29, 0.717) is 24.5 Å². The molecule has 4 rings (SSSR count). The van der Waals surface area contributed by atoms with Crippen molar-refractivity contribution in [3.05, 3.63) is 59.8 Å². The zero-order chi connectivity index (χ0) is 18.3. The Morgan fingerprint density at radius 3 is 2.81 bits per heavy atom. The normalized spacial score (nSPS) is 15.6. The lowest BCUT2D eigenvalue weighted by molar-refractivity contribution is 0.0354. The van der Waals surface area contributed by atoms with Crippen molar-refractivity contribution in [2.75, 3.05) is 13.1 Å². The van der Waals surface area contributed by atoms with Crippen LogP contribution in [0.25, 0.3) is 11.5 Å². The summed E-state index contributed by atoms with van der Waals surface area (Å²) in [4.78, 5) is 22.3. The van der Waals surface area contributed by atoms with Gasteiger partial charge in [0.15, 0.2) is 0 Å². The van der Waals surface area contributed by atoms with Gasteiger partial charge in [-0.2, -0.15) is 0 Å². The zero-order valence-corrected chi connectivity index (χ0v) is 14.3. The second-order valence-electron chi connectivity index (χ2n) is 6.67. The minimum Gasteiger partial charge on any atom is -0.420 e. The lowest BCUT2D eigenvalue weighted by Gasteiger charge is -2.45. The summed E-state index contributed by atoms with van der Waals surface area (Å²) in [5, 5.41) is 8.09. The number of aromatic nitrogens is 4. The Labute approximate surface area is 148 Å². The van der Waals surface area contributed by atoms with E-state index in [4.69, 9.17) is 4.42 Å². The van der Waals surface area contributed by atoms with E-state index in [9.17, 15) is 9.18 Å². The molecule has 0 saturated carbocycles. The van der Waals surface area contributed by atoms with E-state index >= 15 is 0 Å². The molecule has 1 amide bonds. The maximum atomic E-state index is 13.4. The SMILES string of the molecule is Cc1ccnc(C(=O)N2CC(C)(c3nnc(-c4cccc(F)c4)o3)C2)n1. The molecule has 3 aromatic rings. The molecule has 1 aliphatic rings. The number of carbonyl (C=O) groups is 1. The van der Waals surface area contributed by atoms with Crippen LogP contribution in [-0.2, 0) is 5.41 Å². The predicted octanol–water partition coefficient (Wildman–Crippen LogP) is 2.39. The smallest absolute Gasteiger partial charge is 0.291 e. The number of rotatable bonds is 3. The third-order valence-electron chi connectivity index (χ3n) is 4.37. The number of likely N-dealkylation sites (tertiary alicyclic amines) is 1. The summed E-state index contributed by atoms with van der Waals surface area (Å²) in [6.07, 6.45) is 1.57. The summed E-state index contributed by atoms with van der Waals surface area (Å²) in [6.45, 7) is 4.60. The summed E-state index contributed by atoms with van der Waals surface area (Å²) in [6, 6.07) is 7.72. The second kappa shape index (κ2) is 5.98. The van der Waals surface area contributed by atoms with Crippen LogP contribution in [0.5, 0.6) is 0 Å². The highest BCUT2D eigenvalue weighted by Gasteiger charge is 2.47. The molecule has 0 spiro atoms. The Kier molecular flexibility index (Phi) is 3.75. The van der Waals surface area contributed by atoms with Crippen molar-refractivity contribution in [1.29, 1.82) is 0 Å². The van der Waals surface area contributed by atoms with Gasteiger partial charge >= 0.3 is 0 Å². The second-order valence-corrected chi connectivity index (χ2v) is 6.67. The van der Waals surface area contributed by atoms with Crippen molar-refractivity contribution in [2.45, 2.75) is 19.3 Å². The first-order chi connectivity index (χ1) is 12.4. The highest BCUT2D eigenvalue weighted by molar-refractivity contribution is 5.91. The van der Waals surface area contributed by atoms with Crippen molar-refractivity contribution in [1.82, 2.24) is 25.1 Å². The van der Waals surface area contributed by atoms with Crippen molar-refractivity contribution in [3.8, 4) is 11.5 Å².